The molecule has 5 heterocycles. The van der Waals surface area contributed by atoms with Crippen LogP contribution in [0.3, 0.4) is 0 Å². The van der Waals surface area contributed by atoms with Crippen LogP contribution in [0.2, 0.25) is 0 Å². The van der Waals surface area contributed by atoms with Gasteiger partial charge in [0.1, 0.15) is 5.69 Å². The zero-order valence-corrected chi connectivity index (χ0v) is 16.0. The van der Waals surface area contributed by atoms with E-state index in [2.05, 4.69) is 15.1 Å². The highest BCUT2D eigenvalue weighted by Crippen LogP contribution is 2.32. The molecule has 0 atom stereocenters. The standard InChI is InChI=1S/C18H23N5O3S/c24-15(21-10-5-18(6-11-21)25-12-13-26-18)14-4-3-9-23(14)17-20-19-16(27-17)22-7-1-2-8-22/h3-4,9H,1-2,5-8,10-13H2. The molecular weight excluding hydrogens is 366 g/mol. The van der Waals surface area contributed by atoms with Gasteiger partial charge in [-0.05, 0) is 25.0 Å². The van der Waals surface area contributed by atoms with E-state index in [0.717, 1.165) is 36.2 Å². The van der Waals surface area contributed by atoms with Crippen LogP contribution in [0, 0.1) is 0 Å². The molecule has 3 aliphatic rings. The number of likely N-dealkylation sites (tertiary alicyclic amines) is 1. The molecule has 144 valence electrons. The molecule has 3 saturated heterocycles. The molecule has 0 bridgehead atoms. The van der Waals surface area contributed by atoms with Gasteiger partial charge in [-0.15, -0.1) is 10.2 Å². The van der Waals surface area contributed by atoms with Gasteiger partial charge in [0.2, 0.25) is 10.3 Å². The maximum absolute atomic E-state index is 13.1. The number of carbonyl (C=O) groups is 1. The topological polar surface area (TPSA) is 72.7 Å². The molecule has 5 rings (SSSR count). The van der Waals surface area contributed by atoms with Crippen LogP contribution in [0.5, 0.6) is 0 Å². The van der Waals surface area contributed by atoms with Crippen molar-refractivity contribution in [3.63, 3.8) is 0 Å². The van der Waals surface area contributed by atoms with Crippen molar-refractivity contribution in [1.29, 1.82) is 0 Å². The van der Waals surface area contributed by atoms with Crippen molar-refractivity contribution in [2.24, 2.45) is 0 Å². The van der Waals surface area contributed by atoms with Crippen molar-refractivity contribution in [2.75, 3.05) is 44.3 Å². The van der Waals surface area contributed by atoms with Crippen molar-refractivity contribution >= 4 is 22.4 Å². The Balaban J connectivity index is 1.32. The molecule has 1 amide bonds. The first-order valence-electron chi connectivity index (χ1n) is 9.58. The summed E-state index contributed by atoms with van der Waals surface area (Å²) < 4.78 is 13.4. The number of anilines is 1. The lowest BCUT2D eigenvalue weighted by atomic mass is 10.0. The van der Waals surface area contributed by atoms with E-state index in [1.807, 2.05) is 27.8 Å². The van der Waals surface area contributed by atoms with E-state index in [0.29, 0.717) is 32.0 Å². The molecule has 3 aliphatic heterocycles. The number of aromatic nitrogens is 3. The second-order valence-corrected chi connectivity index (χ2v) is 8.16. The number of ether oxygens (including phenoxy) is 2. The number of carbonyl (C=O) groups excluding carboxylic acids is 1. The van der Waals surface area contributed by atoms with Crippen LogP contribution < -0.4 is 4.90 Å². The summed E-state index contributed by atoms with van der Waals surface area (Å²) in [5.41, 5.74) is 0.628. The van der Waals surface area contributed by atoms with Crippen LogP contribution in [0.4, 0.5) is 5.13 Å². The maximum atomic E-state index is 13.1. The average molecular weight is 389 g/mol. The van der Waals surface area contributed by atoms with Crippen LogP contribution in [-0.2, 0) is 9.47 Å². The van der Waals surface area contributed by atoms with Gasteiger partial charge in [0.25, 0.3) is 5.91 Å². The van der Waals surface area contributed by atoms with Gasteiger partial charge in [-0.3, -0.25) is 9.36 Å². The largest absolute Gasteiger partial charge is 0.347 e. The van der Waals surface area contributed by atoms with Crippen molar-refractivity contribution in [2.45, 2.75) is 31.5 Å². The fraction of sp³-hybridized carbons (Fsp3) is 0.611. The Morgan fingerprint density at radius 2 is 1.74 bits per heavy atom. The molecule has 0 saturated carbocycles. The summed E-state index contributed by atoms with van der Waals surface area (Å²) in [6.07, 6.45) is 5.73. The second-order valence-electron chi connectivity index (χ2n) is 7.22. The lowest BCUT2D eigenvalue weighted by Gasteiger charge is -2.37. The highest BCUT2D eigenvalue weighted by molar-refractivity contribution is 7.17. The minimum Gasteiger partial charge on any atom is -0.347 e. The second kappa shape index (κ2) is 6.88. The number of hydrogen-bond donors (Lipinski definition) is 0. The molecule has 0 aliphatic carbocycles. The molecule has 2 aromatic heterocycles. The molecule has 1 spiro atoms. The van der Waals surface area contributed by atoms with Gasteiger partial charge in [-0.25, -0.2) is 0 Å². The number of rotatable bonds is 3. The van der Waals surface area contributed by atoms with E-state index in [-0.39, 0.29) is 5.91 Å². The minimum absolute atomic E-state index is 0.0192. The van der Waals surface area contributed by atoms with Crippen LogP contribution in [0.25, 0.3) is 5.13 Å². The fourth-order valence-corrected chi connectivity index (χ4v) is 4.96. The van der Waals surface area contributed by atoms with Crippen molar-refractivity contribution < 1.29 is 14.3 Å². The summed E-state index contributed by atoms with van der Waals surface area (Å²) in [5, 5.41) is 10.3. The quantitative estimate of drug-likeness (QED) is 0.799. The van der Waals surface area contributed by atoms with E-state index in [1.54, 1.807) is 0 Å². The number of piperidine rings is 1. The molecule has 8 nitrogen and oxygen atoms in total. The third kappa shape index (κ3) is 3.13. The lowest BCUT2D eigenvalue weighted by molar-refractivity contribution is -0.181. The third-order valence-corrected chi connectivity index (χ3v) is 6.56. The summed E-state index contributed by atoms with van der Waals surface area (Å²) in [6.45, 7) is 4.64. The average Bonchev–Trinajstić information content (AvgIpc) is 3.47. The van der Waals surface area contributed by atoms with Gasteiger partial charge in [-0.1, -0.05) is 11.3 Å². The Hall–Kier alpha value is -1.97. The number of nitrogens with zero attached hydrogens (tertiary/aromatic N) is 5. The van der Waals surface area contributed by atoms with Crippen LogP contribution >= 0.6 is 11.3 Å². The molecule has 3 fully saturated rings. The molecular formula is C18H23N5O3S. The highest BCUT2D eigenvalue weighted by atomic mass is 32.1. The van der Waals surface area contributed by atoms with Gasteiger partial charge >= 0.3 is 0 Å². The molecule has 0 radical (unpaired) electrons. The summed E-state index contributed by atoms with van der Waals surface area (Å²) in [4.78, 5) is 17.2. The fourth-order valence-electron chi connectivity index (χ4n) is 4.06. The van der Waals surface area contributed by atoms with E-state index in [1.165, 1.54) is 24.2 Å². The Morgan fingerprint density at radius 1 is 1.04 bits per heavy atom. The Labute approximate surface area is 161 Å². The smallest absolute Gasteiger partial charge is 0.270 e. The first kappa shape index (κ1) is 17.2. The summed E-state index contributed by atoms with van der Waals surface area (Å²) in [5.74, 6) is -0.450. The first-order valence-corrected chi connectivity index (χ1v) is 10.4. The molecule has 2 aromatic rings. The van der Waals surface area contributed by atoms with Crippen molar-refractivity contribution in [1.82, 2.24) is 19.7 Å². The molecule has 9 heteroatoms. The van der Waals surface area contributed by atoms with Crippen molar-refractivity contribution in [3.05, 3.63) is 24.0 Å². The van der Waals surface area contributed by atoms with Crippen LogP contribution in [0.1, 0.15) is 36.2 Å². The van der Waals surface area contributed by atoms with Gasteiger partial charge in [0, 0.05) is 45.2 Å². The van der Waals surface area contributed by atoms with Gasteiger partial charge in [0.15, 0.2) is 5.79 Å². The monoisotopic (exact) mass is 389 g/mol. The van der Waals surface area contributed by atoms with E-state index < -0.39 is 5.79 Å². The summed E-state index contributed by atoms with van der Waals surface area (Å²) in [7, 11) is 0. The molecule has 0 unspecified atom stereocenters. The van der Waals surface area contributed by atoms with E-state index in [9.17, 15) is 4.79 Å². The van der Waals surface area contributed by atoms with Gasteiger partial charge < -0.3 is 19.3 Å². The highest BCUT2D eigenvalue weighted by Gasteiger charge is 2.41. The lowest BCUT2D eigenvalue weighted by Crippen LogP contribution is -2.47. The summed E-state index contributed by atoms with van der Waals surface area (Å²) >= 11 is 1.54. The predicted octanol–water partition coefficient (Wildman–Crippen LogP) is 1.91. The van der Waals surface area contributed by atoms with Gasteiger partial charge in [0.05, 0.1) is 13.2 Å². The molecule has 27 heavy (non-hydrogen) atoms. The van der Waals surface area contributed by atoms with Crippen LogP contribution in [-0.4, -0.2) is 70.8 Å². The van der Waals surface area contributed by atoms with E-state index >= 15 is 0 Å². The third-order valence-electron chi connectivity index (χ3n) is 5.58. The minimum atomic E-state index is -0.470. The Bertz CT molecular complexity index is 813. The molecule has 0 aromatic carbocycles. The molecule has 0 N–H and O–H groups in total. The number of amides is 1. The van der Waals surface area contributed by atoms with Crippen LogP contribution in [0.15, 0.2) is 18.3 Å². The SMILES string of the molecule is O=C(c1cccn1-c1nnc(N2CCCC2)s1)N1CCC2(CC1)OCCO2. The van der Waals surface area contributed by atoms with E-state index in [4.69, 9.17) is 9.47 Å². The predicted molar refractivity (Wildman–Crippen MR) is 100 cm³/mol. The Kier molecular flexibility index (Phi) is 4.37. The Morgan fingerprint density at radius 3 is 2.48 bits per heavy atom. The first-order chi connectivity index (χ1) is 13.2. The van der Waals surface area contributed by atoms with Crippen molar-refractivity contribution in [3.8, 4) is 5.13 Å². The normalized spacial score (nSPS) is 22.1. The van der Waals surface area contributed by atoms with Gasteiger partial charge in [-0.2, -0.15) is 0 Å². The maximum Gasteiger partial charge on any atom is 0.270 e. The zero-order chi connectivity index (χ0) is 18.3. The summed E-state index contributed by atoms with van der Waals surface area (Å²) in [6, 6.07) is 3.74. The number of hydrogen-bond acceptors (Lipinski definition) is 7. The zero-order valence-electron chi connectivity index (χ0n) is 15.2.